The van der Waals surface area contributed by atoms with Gasteiger partial charge in [-0.05, 0) is 55.4 Å². The van der Waals surface area contributed by atoms with Crippen LogP contribution in [0.25, 0.3) is 0 Å². The van der Waals surface area contributed by atoms with E-state index in [1.807, 2.05) is 12.3 Å². The number of rotatable bonds is 5. The zero-order valence-electron chi connectivity index (χ0n) is 15.0. The zero-order chi connectivity index (χ0) is 16.9. The Bertz CT molecular complexity index is 651. The third kappa shape index (κ3) is 3.86. The van der Waals surface area contributed by atoms with Crippen LogP contribution in [0.1, 0.15) is 57.9 Å². The first-order valence-electron chi connectivity index (χ1n) is 9.14. The van der Waals surface area contributed by atoms with Crippen LogP contribution in [0, 0.1) is 0 Å². The molecule has 1 atom stereocenters. The Morgan fingerprint density at radius 1 is 1.17 bits per heavy atom. The minimum atomic E-state index is 0.545. The van der Waals surface area contributed by atoms with Gasteiger partial charge in [0.1, 0.15) is 5.82 Å². The second-order valence-electron chi connectivity index (χ2n) is 6.89. The lowest BCUT2D eigenvalue weighted by Crippen LogP contribution is -2.39. The van der Waals surface area contributed by atoms with Crippen molar-refractivity contribution in [3.05, 3.63) is 42.1 Å². The number of benzene rings is 1. The van der Waals surface area contributed by atoms with E-state index >= 15 is 0 Å². The van der Waals surface area contributed by atoms with Gasteiger partial charge in [-0.25, -0.2) is 4.98 Å². The maximum absolute atomic E-state index is 4.75. The summed E-state index contributed by atoms with van der Waals surface area (Å²) in [5.74, 6) is 2.26. The number of anilines is 3. The van der Waals surface area contributed by atoms with Crippen LogP contribution in [0.4, 0.5) is 17.5 Å². The van der Waals surface area contributed by atoms with Crippen molar-refractivity contribution in [1.82, 2.24) is 9.97 Å². The van der Waals surface area contributed by atoms with E-state index in [1.165, 1.54) is 31.2 Å². The maximum atomic E-state index is 4.75. The molecule has 1 aliphatic rings. The van der Waals surface area contributed by atoms with Gasteiger partial charge in [-0.3, -0.25) is 0 Å². The number of hydrogen-bond acceptors (Lipinski definition) is 4. The summed E-state index contributed by atoms with van der Waals surface area (Å²) >= 11 is 0. The van der Waals surface area contributed by atoms with E-state index in [2.05, 4.69) is 60.2 Å². The molecule has 1 saturated heterocycles. The van der Waals surface area contributed by atoms with Crippen LogP contribution in [0.2, 0.25) is 0 Å². The first-order valence-corrected chi connectivity index (χ1v) is 9.14. The Morgan fingerprint density at radius 3 is 2.67 bits per heavy atom. The van der Waals surface area contributed by atoms with Gasteiger partial charge in [0, 0.05) is 24.5 Å². The Kier molecular flexibility index (Phi) is 5.34. The average molecular weight is 324 g/mol. The van der Waals surface area contributed by atoms with Gasteiger partial charge in [-0.15, -0.1) is 0 Å². The van der Waals surface area contributed by atoms with Gasteiger partial charge in [0.15, 0.2) is 0 Å². The van der Waals surface area contributed by atoms with E-state index < -0.39 is 0 Å². The number of nitrogens with zero attached hydrogens (tertiary/aromatic N) is 3. The molecule has 3 rings (SSSR count). The smallest absolute Gasteiger partial charge is 0.229 e. The summed E-state index contributed by atoms with van der Waals surface area (Å²) in [7, 11) is 0. The molecule has 2 aromatic rings. The molecule has 0 spiro atoms. The lowest BCUT2D eigenvalue weighted by atomic mass is 10.0. The predicted octanol–water partition coefficient (Wildman–Crippen LogP) is 5.11. The molecular weight excluding hydrogens is 296 g/mol. The van der Waals surface area contributed by atoms with Crippen LogP contribution in [0.5, 0.6) is 0 Å². The zero-order valence-corrected chi connectivity index (χ0v) is 15.0. The Balaban J connectivity index is 1.75. The molecule has 0 aliphatic carbocycles. The molecule has 0 amide bonds. The van der Waals surface area contributed by atoms with Crippen molar-refractivity contribution < 1.29 is 0 Å². The van der Waals surface area contributed by atoms with Gasteiger partial charge in [0.25, 0.3) is 0 Å². The highest BCUT2D eigenvalue weighted by molar-refractivity contribution is 5.55. The summed E-state index contributed by atoms with van der Waals surface area (Å²) in [6.07, 6.45) is 6.87. The topological polar surface area (TPSA) is 41.1 Å². The first kappa shape index (κ1) is 16.7. The average Bonchev–Trinajstić information content (AvgIpc) is 2.62. The van der Waals surface area contributed by atoms with Crippen LogP contribution < -0.4 is 10.2 Å². The molecule has 1 aromatic heterocycles. The fraction of sp³-hybridized carbons (Fsp3) is 0.500. The van der Waals surface area contributed by atoms with Gasteiger partial charge in [0.2, 0.25) is 5.95 Å². The summed E-state index contributed by atoms with van der Waals surface area (Å²) in [5.41, 5.74) is 2.37. The van der Waals surface area contributed by atoms with Crippen LogP contribution in [0.3, 0.4) is 0 Å². The molecule has 0 saturated carbocycles. The third-order valence-electron chi connectivity index (χ3n) is 4.87. The van der Waals surface area contributed by atoms with Gasteiger partial charge >= 0.3 is 0 Å². The van der Waals surface area contributed by atoms with Gasteiger partial charge < -0.3 is 10.2 Å². The minimum absolute atomic E-state index is 0.545. The third-order valence-corrected chi connectivity index (χ3v) is 4.87. The lowest BCUT2D eigenvalue weighted by Gasteiger charge is -2.36. The van der Waals surface area contributed by atoms with Crippen molar-refractivity contribution in [2.45, 2.75) is 58.4 Å². The monoisotopic (exact) mass is 324 g/mol. The Hall–Kier alpha value is -2.10. The van der Waals surface area contributed by atoms with Crippen molar-refractivity contribution in [3.63, 3.8) is 0 Å². The van der Waals surface area contributed by atoms with E-state index in [4.69, 9.17) is 4.98 Å². The number of piperidine rings is 1. The quantitative estimate of drug-likeness (QED) is 0.829. The van der Waals surface area contributed by atoms with E-state index in [0.29, 0.717) is 17.9 Å². The standard InChI is InChI=1S/C20H28N4/c1-4-18-7-5-6-14-24(18)19-12-13-21-20(23-19)22-17-10-8-16(9-11-17)15(2)3/h8-13,15,18H,4-7,14H2,1-3H3,(H,21,22,23). The Labute approximate surface area is 145 Å². The van der Waals surface area contributed by atoms with E-state index in [1.54, 1.807) is 0 Å². The summed E-state index contributed by atoms with van der Waals surface area (Å²) in [6, 6.07) is 11.2. The highest BCUT2D eigenvalue weighted by atomic mass is 15.2. The van der Waals surface area contributed by atoms with Crippen molar-refractivity contribution in [3.8, 4) is 0 Å². The van der Waals surface area contributed by atoms with Gasteiger partial charge in [0.05, 0.1) is 0 Å². The number of nitrogens with one attached hydrogen (secondary N) is 1. The fourth-order valence-electron chi connectivity index (χ4n) is 3.38. The lowest BCUT2D eigenvalue weighted by molar-refractivity contribution is 0.447. The first-order chi connectivity index (χ1) is 11.7. The summed E-state index contributed by atoms with van der Waals surface area (Å²) in [4.78, 5) is 11.6. The second kappa shape index (κ2) is 7.65. The highest BCUT2D eigenvalue weighted by Crippen LogP contribution is 2.26. The summed E-state index contributed by atoms with van der Waals surface area (Å²) < 4.78 is 0. The molecule has 4 nitrogen and oxygen atoms in total. The molecule has 1 fully saturated rings. The van der Waals surface area contributed by atoms with Crippen molar-refractivity contribution >= 4 is 17.5 Å². The predicted molar refractivity (Wildman–Crippen MR) is 101 cm³/mol. The SMILES string of the molecule is CCC1CCCCN1c1ccnc(Nc2ccc(C(C)C)cc2)n1. The highest BCUT2D eigenvalue weighted by Gasteiger charge is 2.22. The van der Waals surface area contributed by atoms with Crippen molar-refractivity contribution in [1.29, 1.82) is 0 Å². The molecule has 128 valence electrons. The van der Waals surface area contributed by atoms with Crippen LogP contribution in [-0.2, 0) is 0 Å². The van der Waals surface area contributed by atoms with Crippen molar-refractivity contribution in [2.24, 2.45) is 0 Å². The molecule has 1 N–H and O–H groups in total. The minimum Gasteiger partial charge on any atom is -0.353 e. The summed E-state index contributed by atoms with van der Waals surface area (Å²) in [6.45, 7) is 7.77. The van der Waals surface area contributed by atoms with Crippen LogP contribution >= 0.6 is 0 Å². The summed E-state index contributed by atoms with van der Waals surface area (Å²) in [5, 5.41) is 3.33. The van der Waals surface area contributed by atoms with E-state index in [-0.39, 0.29) is 0 Å². The molecule has 1 aromatic carbocycles. The molecule has 4 heteroatoms. The molecule has 0 bridgehead atoms. The number of aromatic nitrogens is 2. The molecule has 1 aliphatic heterocycles. The van der Waals surface area contributed by atoms with Gasteiger partial charge in [-0.1, -0.05) is 32.9 Å². The molecular formula is C20H28N4. The molecule has 1 unspecified atom stereocenters. The normalized spacial score (nSPS) is 18.0. The van der Waals surface area contributed by atoms with Crippen LogP contribution in [0.15, 0.2) is 36.5 Å². The molecule has 2 heterocycles. The molecule has 24 heavy (non-hydrogen) atoms. The van der Waals surface area contributed by atoms with Crippen molar-refractivity contribution in [2.75, 3.05) is 16.8 Å². The number of hydrogen-bond donors (Lipinski definition) is 1. The largest absolute Gasteiger partial charge is 0.353 e. The second-order valence-corrected chi connectivity index (χ2v) is 6.89. The van der Waals surface area contributed by atoms with E-state index in [0.717, 1.165) is 18.1 Å². The van der Waals surface area contributed by atoms with E-state index in [9.17, 15) is 0 Å². The fourth-order valence-corrected chi connectivity index (χ4v) is 3.38. The maximum Gasteiger partial charge on any atom is 0.229 e. The van der Waals surface area contributed by atoms with Crippen LogP contribution in [-0.4, -0.2) is 22.6 Å². The van der Waals surface area contributed by atoms with Gasteiger partial charge in [-0.2, -0.15) is 4.98 Å². The molecule has 0 radical (unpaired) electrons. The Morgan fingerprint density at radius 2 is 1.96 bits per heavy atom.